The molecule has 2 heterocycles. The molecule has 0 aliphatic rings. The van der Waals surface area contributed by atoms with Crippen LogP contribution in [0.4, 0.5) is 0 Å². The molecule has 0 saturated heterocycles. The van der Waals surface area contributed by atoms with Crippen molar-refractivity contribution in [3.63, 3.8) is 0 Å². The van der Waals surface area contributed by atoms with Crippen LogP contribution < -0.4 is 0 Å². The Balaban J connectivity index is 2.75. The van der Waals surface area contributed by atoms with Crippen molar-refractivity contribution in [2.24, 2.45) is 0 Å². The molecule has 0 bridgehead atoms. The van der Waals surface area contributed by atoms with E-state index in [0.29, 0.717) is 5.88 Å². The van der Waals surface area contributed by atoms with E-state index in [1.54, 1.807) is 4.52 Å². The molecule has 68 valence electrons. The largest absolute Gasteiger partial charge is 0.231 e. The summed E-state index contributed by atoms with van der Waals surface area (Å²) < 4.78 is 2.63. The highest BCUT2D eigenvalue weighted by Gasteiger charge is 2.06. The first-order valence-corrected chi connectivity index (χ1v) is 5.12. The average molecular weight is 261 g/mol. The molecule has 0 fully saturated rings. The molecule has 0 N–H and O–H groups in total. The predicted octanol–water partition coefficient (Wildman–Crippen LogP) is 2.54. The van der Waals surface area contributed by atoms with Crippen LogP contribution in [-0.4, -0.2) is 14.6 Å². The Hall–Kier alpha value is -0.610. The van der Waals surface area contributed by atoms with Gasteiger partial charge in [0.1, 0.15) is 4.60 Å². The lowest BCUT2D eigenvalue weighted by molar-refractivity contribution is 0.875. The van der Waals surface area contributed by atoms with Crippen LogP contribution in [0.3, 0.4) is 0 Å². The number of imidazole rings is 1. The third kappa shape index (κ3) is 1.44. The molecule has 0 aromatic carbocycles. The highest BCUT2D eigenvalue weighted by molar-refractivity contribution is 9.10. The number of alkyl halides is 1. The van der Waals surface area contributed by atoms with Gasteiger partial charge in [0.05, 0.1) is 17.3 Å². The normalized spacial score (nSPS) is 11.0. The van der Waals surface area contributed by atoms with Crippen molar-refractivity contribution in [2.45, 2.75) is 12.8 Å². The van der Waals surface area contributed by atoms with Crippen molar-refractivity contribution in [3.8, 4) is 0 Å². The maximum atomic E-state index is 5.67. The van der Waals surface area contributed by atoms with Crippen molar-refractivity contribution in [2.75, 3.05) is 0 Å². The number of hydrogen-bond acceptors (Lipinski definition) is 2. The molecule has 0 aliphatic carbocycles. The van der Waals surface area contributed by atoms with E-state index in [1.165, 1.54) is 0 Å². The lowest BCUT2D eigenvalue weighted by Crippen LogP contribution is -1.95. The number of nitrogens with zero attached hydrogens (tertiary/aromatic N) is 3. The topological polar surface area (TPSA) is 30.2 Å². The summed E-state index contributed by atoms with van der Waals surface area (Å²) in [6.07, 6.45) is 0. The molecule has 0 aliphatic heterocycles. The third-order valence-corrected chi connectivity index (χ3v) is 2.96. The Kier molecular flexibility index (Phi) is 2.26. The molecule has 0 spiro atoms. The third-order valence-electron chi connectivity index (χ3n) is 1.77. The summed E-state index contributed by atoms with van der Waals surface area (Å²) in [5, 5.41) is 4.29. The molecule has 0 saturated carbocycles. The molecule has 2 aromatic rings. The molecule has 3 nitrogen and oxygen atoms in total. The van der Waals surface area contributed by atoms with Crippen LogP contribution in [0.15, 0.2) is 16.7 Å². The Labute approximate surface area is 88.9 Å². The van der Waals surface area contributed by atoms with Gasteiger partial charge in [0.2, 0.25) is 0 Å². The van der Waals surface area contributed by atoms with Gasteiger partial charge in [-0.15, -0.1) is 11.6 Å². The summed E-state index contributed by atoms with van der Waals surface area (Å²) in [6.45, 7) is 1.93. The van der Waals surface area contributed by atoms with Gasteiger partial charge >= 0.3 is 0 Å². The van der Waals surface area contributed by atoms with Gasteiger partial charge in [-0.25, -0.2) is 9.50 Å². The van der Waals surface area contributed by atoms with Gasteiger partial charge in [0.15, 0.2) is 5.65 Å². The Morgan fingerprint density at radius 3 is 3.00 bits per heavy atom. The fourth-order valence-corrected chi connectivity index (χ4v) is 1.62. The van der Waals surface area contributed by atoms with Crippen LogP contribution >= 0.6 is 27.5 Å². The minimum absolute atomic E-state index is 0.416. The van der Waals surface area contributed by atoms with E-state index < -0.39 is 0 Å². The Bertz CT molecular complexity index is 452. The lowest BCUT2D eigenvalue weighted by atomic mass is 10.4. The number of fused-ring (bicyclic) bond motifs is 1. The van der Waals surface area contributed by atoms with Crippen LogP contribution in [0.2, 0.25) is 0 Å². The van der Waals surface area contributed by atoms with Crippen LogP contribution in [0.5, 0.6) is 0 Å². The summed E-state index contributed by atoms with van der Waals surface area (Å²) in [6, 6.07) is 3.78. The number of aromatic nitrogens is 3. The lowest BCUT2D eigenvalue weighted by Gasteiger charge is -1.96. The minimum atomic E-state index is 0.416. The zero-order valence-electron chi connectivity index (χ0n) is 6.96. The number of halogens is 2. The summed E-state index contributed by atoms with van der Waals surface area (Å²) in [5.74, 6) is 0.416. The van der Waals surface area contributed by atoms with E-state index in [2.05, 4.69) is 26.0 Å². The van der Waals surface area contributed by atoms with E-state index in [0.717, 1.165) is 21.6 Å². The maximum Gasteiger partial charge on any atom is 0.155 e. The molecule has 2 aromatic heterocycles. The maximum absolute atomic E-state index is 5.67. The van der Waals surface area contributed by atoms with Gasteiger partial charge in [-0.05, 0) is 35.0 Å². The highest BCUT2D eigenvalue weighted by Crippen LogP contribution is 2.17. The molecule has 0 unspecified atom stereocenters. The number of hydrogen-bond donors (Lipinski definition) is 0. The second-order valence-corrected chi connectivity index (χ2v) is 3.73. The van der Waals surface area contributed by atoms with Gasteiger partial charge in [0.25, 0.3) is 0 Å². The molecule has 5 heteroatoms. The highest BCUT2D eigenvalue weighted by atomic mass is 79.9. The quantitative estimate of drug-likeness (QED) is 0.738. The number of rotatable bonds is 1. The summed E-state index contributed by atoms with van der Waals surface area (Å²) in [5.41, 5.74) is 2.60. The van der Waals surface area contributed by atoms with Crippen molar-refractivity contribution >= 4 is 33.2 Å². The van der Waals surface area contributed by atoms with E-state index >= 15 is 0 Å². The van der Waals surface area contributed by atoms with Crippen LogP contribution in [-0.2, 0) is 5.88 Å². The van der Waals surface area contributed by atoms with Gasteiger partial charge in [-0.2, -0.15) is 5.10 Å². The first-order chi connectivity index (χ1) is 6.22. The monoisotopic (exact) mass is 259 g/mol. The molecular weight excluding hydrogens is 253 g/mol. The van der Waals surface area contributed by atoms with Gasteiger partial charge in [-0.1, -0.05) is 0 Å². The molecule has 0 atom stereocenters. The average Bonchev–Trinajstić information content (AvgIpc) is 2.43. The molecular formula is C8H7BrClN3. The van der Waals surface area contributed by atoms with E-state index in [4.69, 9.17) is 11.6 Å². The van der Waals surface area contributed by atoms with Crippen molar-refractivity contribution in [1.29, 1.82) is 0 Å². The summed E-state index contributed by atoms with van der Waals surface area (Å²) in [4.78, 5) is 4.30. The molecule has 13 heavy (non-hydrogen) atoms. The SMILES string of the molecule is Cc1nc2ccc(CCl)nn2c1Br. The van der Waals surface area contributed by atoms with E-state index in [-0.39, 0.29) is 0 Å². The fourth-order valence-electron chi connectivity index (χ4n) is 1.13. The Morgan fingerprint density at radius 2 is 2.31 bits per heavy atom. The number of aryl methyl sites for hydroxylation is 1. The predicted molar refractivity (Wildman–Crippen MR) is 55.0 cm³/mol. The van der Waals surface area contributed by atoms with Gasteiger partial charge < -0.3 is 0 Å². The van der Waals surface area contributed by atoms with Crippen molar-refractivity contribution < 1.29 is 0 Å². The molecule has 2 rings (SSSR count). The summed E-state index contributed by atoms with van der Waals surface area (Å²) >= 11 is 9.08. The first-order valence-electron chi connectivity index (χ1n) is 3.79. The van der Waals surface area contributed by atoms with Crippen LogP contribution in [0.1, 0.15) is 11.4 Å². The second kappa shape index (κ2) is 3.27. The molecule has 0 amide bonds. The van der Waals surface area contributed by atoms with E-state index in [9.17, 15) is 0 Å². The first kappa shape index (κ1) is 8.97. The molecule has 0 radical (unpaired) electrons. The van der Waals surface area contributed by atoms with Gasteiger partial charge in [0, 0.05) is 0 Å². The van der Waals surface area contributed by atoms with Crippen LogP contribution in [0.25, 0.3) is 5.65 Å². The Morgan fingerprint density at radius 1 is 1.54 bits per heavy atom. The van der Waals surface area contributed by atoms with Gasteiger partial charge in [-0.3, -0.25) is 0 Å². The van der Waals surface area contributed by atoms with Crippen molar-refractivity contribution in [1.82, 2.24) is 14.6 Å². The second-order valence-electron chi connectivity index (χ2n) is 2.72. The zero-order valence-corrected chi connectivity index (χ0v) is 9.30. The summed E-state index contributed by atoms with van der Waals surface area (Å²) in [7, 11) is 0. The zero-order chi connectivity index (χ0) is 9.42. The van der Waals surface area contributed by atoms with Crippen molar-refractivity contribution in [3.05, 3.63) is 28.1 Å². The van der Waals surface area contributed by atoms with Crippen LogP contribution in [0, 0.1) is 6.92 Å². The fraction of sp³-hybridized carbons (Fsp3) is 0.250. The minimum Gasteiger partial charge on any atom is -0.231 e. The van der Waals surface area contributed by atoms with E-state index in [1.807, 2.05) is 19.1 Å². The standard InChI is InChI=1S/C8H7BrClN3/c1-5-8(9)13-7(11-5)3-2-6(4-10)12-13/h2-3H,4H2,1H3. The smallest absolute Gasteiger partial charge is 0.155 e.